The van der Waals surface area contributed by atoms with Crippen LogP contribution in [0, 0.1) is 6.92 Å². The van der Waals surface area contributed by atoms with Gasteiger partial charge in [0.1, 0.15) is 11.4 Å². The molecule has 19 heavy (non-hydrogen) atoms. The SMILES string of the molecule is Cc1cc(Nc2c(N)c(=O)c2=O)cc(C(F)(F)F)c1. The van der Waals surface area contributed by atoms with Crippen molar-refractivity contribution in [1.82, 2.24) is 0 Å². The normalized spacial score (nSPS) is 11.8. The van der Waals surface area contributed by atoms with Gasteiger partial charge in [0.05, 0.1) is 5.56 Å². The topological polar surface area (TPSA) is 72.2 Å². The van der Waals surface area contributed by atoms with Gasteiger partial charge in [0.15, 0.2) is 0 Å². The molecule has 0 saturated carbocycles. The zero-order valence-electron chi connectivity index (χ0n) is 9.76. The maximum Gasteiger partial charge on any atom is 0.416 e. The largest absolute Gasteiger partial charge is 0.416 e. The Morgan fingerprint density at radius 1 is 1.11 bits per heavy atom. The molecular weight excluding hydrogens is 261 g/mol. The summed E-state index contributed by atoms with van der Waals surface area (Å²) in [5.74, 6) is 0. The quantitative estimate of drug-likeness (QED) is 0.818. The first kappa shape index (κ1) is 13.1. The fourth-order valence-corrected chi connectivity index (χ4v) is 1.70. The number of hydrogen-bond donors (Lipinski definition) is 2. The second-order valence-corrected chi connectivity index (χ2v) is 4.16. The molecule has 2 aromatic carbocycles. The van der Waals surface area contributed by atoms with Crippen LogP contribution in [-0.2, 0) is 6.18 Å². The minimum Gasteiger partial charge on any atom is -0.394 e. The molecule has 2 aromatic rings. The van der Waals surface area contributed by atoms with Crippen LogP contribution in [0.2, 0.25) is 0 Å². The molecule has 0 aromatic heterocycles. The highest BCUT2D eigenvalue weighted by atomic mass is 19.4. The van der Waals surface area contributed by atoms with Gasteiger partial charge >= 0.3 is 6.18 Å². The van der Waals surface area contributed by atoms with Crippen LogP contribution in [0.1, 0.15) is 11.1 Å². The molecule has 0 heterocycles. The molecule has 0 unspecified atom stereocenters. The van der Waals surface area contributed by atoms with E-state index in [2.05, 4.69) is 5.32 Å². The third-order valence-electron chi connectivity index (χ3n) is 2.62. The molecule has 0 saturated heterocycles. The number of nitrogen functional groups attached to an aromatic ring is 1. The number of rotatable bonds is 2. The van der Waals surface area contributed by atoms with Gasteiger partial charge in [-0.25, -0.2) is 0 Å². The van der Waals surface area contributed by atoms with Crippen molar-refractivity contribution in [1.29, 1.82) is 0 Å². The average molecular weight is 270 g/mol. The Kier molecular flexibility index (Phi) is 2.84. The number of anilines is 3. The number of benzene rings is 1. The average Bonchev–Trinajstić information content (AvgIpc) is 2.33. The zero-order valence-corrected chi connectivity index (χ0v) is 9.76. The Morgan fingerprint density at radius 3 is 2.26 bits per heavy atom. The molecule has 0 aliphatic carbocycles. The molecule has 0 radical (unpaired) electrons. The predicted octanol–water partition coefficient (Wildman–Crippen LogP) is 1.94. The lowest BCUT2D eigenvalue weighted by molar-refractivity contribution is -0.137. The van der Waals surface area contributed by atoms with Crippen molar-refractivity contribution < 1.29 is 13.2 Å². The summed E-state index contributed by atoms with van der Waals surface area (Å²) in [6.45, 7) is 1.49. The lowest BCUT2D eigenvalue weighted by Crippen LogP contribution is -2.36. The Hall–Kier alpha value is -2.31. The fourth-order valence-electron chi connectivity index (χ4n) is 1.70. The molecular formula is C12H9F3N2O2. The van der Waals surface area contributed by atoms with Crippen LogP contribution >= 0.6 is 0 Å². The van der Waals surface area contributed by atoms with E-state index >= 15 is 0 Å². The molecule has 100 valence electrons. The van der Waals surface area contributed by atoms with Crippen LogP contribution in [0.3, 0.4) is 0 Å². The molecule has 0 amide bonds. The number of alkyl halides is 3. The summed E-state index contributed by atoms with van der Waals surface area (Å²) in [4.78, 5) is 22.1. The zero-order chi connectivity index (χ0) is 14.4. The maximum absolute atomic E-state index is 12.6. The number of nitrogens with two attached hydrogens (primary N) is 1. The van der Waals surface area contributed by atoms with Crippen LogP contribution in [0.25, 0.3) is 0 Å². The van der Waals surface area contributed by atoms with Crippen LogP contribution in [0.4, 0.5) is 30.2 Å². The molecule has 0 aliphatic heterocycles. The van der Waals surface area contributed by atoms with Gasteiger partial charge in [0.25, 0.3) is 10.9 Å². The smallest absolute Gasteiger partial charge is 0.394 e. The molecule has 2 rings (SSSR count). The van der Waals surface area contributed by atoms with Crippen molar-refractivity contribution in [2.75, 3.05) is 11.1 Å². The summed E-state index contributed by atoms with van der Waals surface area (Å²) < 4.78 is 37.8. The van der Waals surface area contributed by atoms with E-state index < -0.39 is 22.6 Å². The molecule has 4 nitrogen and oxygen atoms in total. The highest BCUT2D eigenvalue weighted by Crippen LogP contribution is 2.32. The van der Waals surface area contributed by atoms with Crippen molar-refractivity contribution in [2.24, 2.45) is 0 Å². The van der Waals surface area contributed by atoms with E-state index in [4.69, 9.17) is 5.73 Å². The van der Waals surface area contributed by atoms with Gasteiger partial charge in [-0.05, 0) is 30.7 Å². The van der Waals surface area contributed by atoms with Crippen molar-refractivity contribution in [3.63, 3.8) is 0 Å². The Labute approximate surface area is 105 Å². The molecule has 0 fully saturated rings. The number of halogens is 3. The molecule has 0 aliphatic rings. The van der Waals surface area contributed by atoms with Crippen molar-refractivity contribution in [2.45, 2.75) is 13.1 Å². The second kappa shape index (κ2) is 4.11. The van der Waals surface area contributed by atoms with Gasteiger partial charge in [-0.3, -0.25) is 9.59 Å². The number of aryl methyl sites for hydroxylation is 1. The summed E-state index contributed by atoms with van der Waals surface area (Å²) in [5.41, 5.74) is 2.80. The van der Waals surface area contributed by atoms with E-state index in [0.29, 0.717) is 5.56 Å². The molecule has 0 bridgehead atoms. The highest BCUT2D eigenvalue weighted by Gasteiger charge is 2.31. The van der Waals surface area contributed by atoms with E-state index in [1.807, 2.05) is 0 Å². The molecule has 0 atom stereocenters. The van der Waals surface area contributed by atoms with Crippen LogP contribution in [-0.4, -0.2) is 0 Å². The van der Waals surface area contributed by atoms with Gasteiger partial charge in [0, 0.05) is 5.69 Å². The fraction of sp³-hybridized carbons (Fsp3) is 0.167. The van der Waals surface area contributed by atoms with Crippen LogP contribution in [0.15, 0.2) is 27.8 Å². The Morgan fingerprint density at radius 2 is 1.74 bits per heavy atom. The van der Waals surface area contributed by atoms with Crippen LogP contribution in [0.5, 0.6) is 0 Å². The third kappa shape index (κ3) is 2.31. The van der Waals surface area contributed by atoms with Gasteiger partial charge in [-0.2, -0.15) is 13.2 Å². The monoisotopic (exact) mass is 270 g/mol. The Bertz CT molecular complexity index is 713. The van der Waals surface area contributed by atoms with Gasteiger partial charge < -0.3 is 11.1 Å². The number of nitrogens with one attached hydrogen (secondary N) is 1. The first-order chi connectivity index (χ1) is 8.70. The summed E-state index contributed by atoms with van der Waals surface area (Å²) >= 11 is 0. The third-order valence-corrected chi connectivity index (χ3v) is 2.62. The maximum atomic E-state index is 12.6. The summed E-state index contributed by atoms with van der Waals surface area (Å²) in [6.07, 6.45) is -4.48. The standard InChI is InChI=1S/C12H9F3N2O2/c1-5-2-6(12(13,14)15)4-7(3-5)17-9-8(16)10(18)11(9)19/h2-4,17H,16H2,1H3. The van der Waals surface area contributed by atoms with E-state index in [-0.39, 0.29) is 17.1 Å². The van der Waals surface area contributed by atoms with E-state index in [1.165, 1.54) is 13.0 Å². The van der Waals surface area contributed by atoms with E-state index in [9.17, 15) is 22.8 Å². The first-order valence-electron chi connectivity index (χ1n) is 5.25. The van der Waals surface area contributed by atoms with E-state index in [0.717, 1.165) is 12.1 Å². The van der Waals surface area contributed by atoms with Crippen molar-refractivity contribution in [3.8, 4) is 0 Å². The minimum absolute atomic E-state index is 0.0612. The summed E-state index contributed by atoms with van der Waals surface area (Å²) in [6, 6.07) is 3.26. The second-order valence-electron chi connectivity index (χ2n) is 4.16. The Balaban J connectivity index is 2.40. The predicted molar refractivity (Wildman–Crippen MR) is 65.2 cm³/mol. The molecule has 3 N–H and O–H groups in total. The summed E-state index contributed by atoms with van der Waals surface area (Å²) in [7, 11) is 0. The van der Waals surface area contributed by atoms with E-state index in [1.54, 1.807) is 0 Å². The summed E-state index contributed by atoms with van der Waals surface area (Å²) in [5, 5.41) is 2.45. The first-order valence-corrected chi connectivity index (χ1v) is 5.25. The van der Waals surface area contributed by atoms with Gasteiger partial charge in [-0.1, -0.05) is 0 Å². The minimum atomic E-state index is -4.48. The number of hydrogen-bond acceptors (Lipinski definition) is 4. The van der Waals surface area contributed by atoms with Crippen molar-refractivity contribution in [3.05, 3.63) is 49.8 Å². The lowest BCUT2D eigenvalue weighted by Gasteiger charge is -2.13. The lowest BCUT2D eigenvalue weighted by atomic mass is 10.1. The molecule has 7 heteroatoms. The van der Waals surface area contributed by atoms with Gasteiger partial charge in [0.2, 0.25) is 0 Å². The van der Waals surface area contributed by atoms with Gasteiger partial charge in [-0.15, -0.1) is 0 Å². The van der Waals surface area contributed by atoms with Crippen LogP contribution < -0.4 is 21.9 Å². The van der Waals surface area contributed by atoms with Crippen molar-refractivity contribution >= 4 is 17.1 Å². The molecule has 0 spiro atoms. The highest BCUT2D eigenvalue weighted by molar-refractivity contribution is 5.77.